The number of rotatable bonds is 9. The number of benzene rings is 2. The number of hydrogen-bond acceptors (Lipinski definition) is 4. The molecule has 5 nitrogen and oxygen atoms in total. The van der Waals surface area contributed by atoms with Gasteiger partial charge in [0, 0.05) is 17.3 Å². The Kier molecular flexibility index (Phi) is 8.75. The molecule has 2 aromatic rings. The van der Waals surface area contributed by atoms with Crippen LogP contribution in [0.15, 0.2) is 48.5 Å². The monoisotopic (exact) mass is 400 g/mol. The van der Waals surface area contributed by atoms with Gasteiger partial charge in [0.15, 0.2) is 5.11 Å². The maximum absolute atomic E-state index is 12.4. The molecule has 0 aromatic heterocycles. The van der Waals surface area contributed by atoms with Crippen molar-refractivity contribution in [2.45, 2.75) is 33.6 Å². The van der Waals surface area contributed by atoms with Crippen molar-refractivity contribution in [3.8, 4) is 11.5 Å². The molecule has 0 aliphatic carbocycles. The van der Waals surface area contributed by atoms with Gasteiger partial charge in [-0.1, -0.05) is 26.8 Å². The predicted molar refractivity (Wildman–Crippen MR) is 117 cm³/mol. The summed E-state index contributed by atoms with van der Waals surface area (Å²) in [5, 5.41) is 5.92. The van der Waals surface area contributed by atoms with Gasteiger partial charge in [0.2, 0.25) is 0 Å². The Morgan fingerprint density at radius 1 is 1.04 bits per heavy atom. The fraction of sp³-hybridized carbons (Fsp3) is 0.364. The Bertz CT molecular complexity index is 776. The van der Waals surface area contributed by atoms with Crippen molar-refractivity contribution >= 4 is 28.9 Å². The van der Waals surface area contributed by atoms with E-state index in [4.69, 9.17) is 21.7 Å². The van der Waals surface area contributed by atoms with E-state index in [1.807, 2.05) is 24.3 Å². The average molecular weight is 401 g/mol. The quantitative estimate of drug-likeness (QED) is 0.578. The lowest BCUT2D eigenvalue weighted by molar-refractivity contribution is 0.0977. The first-order chi connectivity index (χ1) is 13.5. The SMILES string of the molecule is CCCOc1cccc(NC(=S)NC(=O)c2ccc(OCCC(C)C)cc2)c1. The smallest absolute Gasteiger partial charge is 0.257 e. The van der Waals surface area contributed by atoms with Crippen LogP contribution >= 0.6 is 12.2 Å². The van der Waals surface area contributed by atoms with Crippen LogP contribution < -0.4 is 20.1 Å². The van der Waals surface area contributed by atoms with Crippen molar-refractivity contribution in [1.29, 1.82) is 0 Å². The van der Waals surface area contributed by atoms with E-state index in [0.29, 0.717) is 24.7 Å². The molecule has 2 N–H and O–H groups in total. The zero-order chi connectivity index (χ0) is 20.4. The molecule has 6 heteroatoms. The molecular weight excluding hydrogens is 372 g/mol. The van der Waals surface area contributed by atoms with Crippen molar-refractivity contribution in [1.82, 2.24) is 5.32 Å². The van der Waals surface area contributed by atoms with Crippen LogP contribution in [0.5, 0.6) is 11.5 Å². The number of anilines is 1. The van der Waals surface area contributed by atoms with Crippen LogP contribution in [0, 0.1) is 5.92 Å². The van der Waals surface area contributed by atoms with Gasteiger partial charge in [0.25, 0.3) is 5.91 Å². The van der Waals surface area contributed by atoms with Gasteiger partial charge in [0.1, 0.15) is 11.5 Å². The summed E-state index contributed by atoms with van der Waals surface area (Å²) >= 11 is 5.24. The number of carbonyl (C=O) groups excluding carboxylic acids is 1. The fourth-order valence-electron chi connectivity index (χ4n) is 2.34. The molecular formula is C22H28N2O3S. The maximum Gasteiger partial charge on any atom is 0.257 e. The van der Waals surface area contributed by atoms with Crippen LogP contribution in [0.1, 0.15) is 44.0 Å². The molecule has 2 rings (SSSR count). The lowest BCUT2D eigenvalue weighted by atomic mass is 10.1. The largest absolute Gasteiger partial charge is 0.494 e. The zero-order valence-corrected chi connectivity index (χ0v) is 17.5. The van der Waals surface area contributed by atoms with E-state index in [-0.39, 0.29) is 11.0 Å². The van der Waals surface area contributed by atoms with Gasteiger partial charge in [-0.2, -0.15) is 0 Å². The molecule has 0 fully saturated rings. The number of hydrogen-bond donors (Lipinski definition) is 2. The van der Waals surface area contributed by atoms with Gasteiger partial charge in [0.05, 0.1) is 13.2 Å². The molecule has 0 unspecified atom stereocenters. The van der Waals surface area contributed by atoms with E-state index in [1.165, 1.54) is 0 Å². The molecule has 0 spiro atoms. The highest BCUT2D eigenvalue weighted by Gasteiger charge is 2.09. The molecule has 1 amide bonds. The molecule has 0 saturated heterocycles. The van der Waals surface area contributed by atoms with Gasteiger partial charge < -0.3 is 14.8 Å². The first-order valence-electron chi connectivity index (χ1n) is 9.56. The van der Waals surface area contributed by atoms with Crippen molar-refractivity contribution in [2.24, 2.45) is 5.92 Å². The first kappa shape index (κ1) is 21.7. The number of amides is 1. The molecule has 2 aromatic carbocycles. The van der Waals surface area contributed by atoms with Crippen LogP contribution in [0.3, 0.4) is 0 Å². The van der Waals surface area contributed by atoms with Crippen LogP contribution in [0.25, 0.3) is 0 Å². The van der Waals surface area contributed by atoms with Crippen LogP contribution in [0.2, 0.25) is 0 Å². The summed E-state index contributed by atoms with van der Waals surface area (Å²) in [5.41, 5.74) is 1.27. The molecule has 0 saturated carbocycles. The van der Waals surface area contributed by atoms with E-state index in [9.17, 15) is 4.79 Å². The summed E-state index contributed by atoms with van der Waals surface area (Å²) in [5.74, 6) is 1.83. The molecule has 0 aliphatic rings. The number of carbonyl (C=O) groups is 1. The fourth-order valence-corrected chi connectivity index (χ4v) is 2.55. The minimum Gasteiger partial charge on any atom is -0.494 e. The number of nitrogens with one attached hydrogen (secondary N) is 2. The van der Waals surface area contributed by atoms with Gasteiger partial charge in [-0.3, -0.25) is 10.1 Å². The lowest BCUT2D eigenvalue weighted by Crippen LogP contribution is -2.34. The highest BCUT2D eigenvalue weighted by Crippen LogP contribution is 2.18. The molecule has 0 radical (unpaired) electrons. The summed E-state index contributed by atoms with van der Waals surface area (Å²) in [4.78, 5) is 12.4. The third-order valence-electron chi connectivity index (χ3n) is 3.87. The van der Waals surface area contributed by atoms with Crippen LogP contribution in [-0.4, -0.2) is 24.2 Å². The zero-order valence-electron chi connectivity index (χ0n) is 16.7. The number of thiocarbonyl (C=S) groups is 1. The Morgan fingerprint density at radius 3 is 2.43 bits per heavy atom. The van der Waals surface area contributed by atoms with Crippen molar-refractivity contribution in [3.63, 3.8) is 0 Å². The first-order valence-corrected chi connectivity index (χ1v) is 9.96. The topological polar surface area (TPSA) is 59.6 Å². The summed E-state index contributed by atoms with van der Waals surface area (Å²) in [6.45, 7) is 7.68. The lowest BCUT2D eigenvalue weighted by Gasteiger charge is -2.12. The predicted octanol–water partition coefficient (Wildman–Crippen LogP) is 5.03. The minimum absolute atomic E-state index is 0.231. The van der Waals surface area contributed by atoms with Crippen molar-refractivity contribution in [3.05, 3.63) is 54.1 Å². The van der Waals surface area contributed by atoms with Crippen molar-refractivity contribution < 1.29 is 14.3 Å². The van der Waals surface area contributed by atoms with E-state index >= 15 is 0 Å². The van der Waals surface area contributed by atoms with E-state index in [2.05, 4.69) is 31.4 Å². The van der Waals surface area contributed by atoms with Crippen LogP contribution in [0.4, 0.5) is 5.69 Å². The Morgan fingerprint density at radius 2 is 1.75 bits per heavy atom. The van der Waals surface area contributed by atoms with E-state index in [1.54, 1.807) is 24.3 Å². The maximum atomic E-state index is 12.4. The van der Waals surface area contributed by atoms with Crippen LogP contribution in [-0.2, 0) is 0 Å². The summed E-state index contributed by atoms with van der Waals surface area (Å²) in [6, 6.07) is 14.5. The highest BCUT2D eigenvalue weighted by atomic mass is 32.1. The summed E-state index contributed by atoms with van der Waals surface area (Å²) in [7, 11) is 0. The van der Waals surface area contributed by atoms with Gasteiger partial charge >= 0.3 is 0 Å². The average Bonchev–Trinajstić information content (AvgIpc) is 2.66. The molecule has 0 aliphatic heterocycles. The Balaban J connectivity index is 1.85. The van der Waals surface area contributed by atoms with Gasteiger partial charge in [-0.25, -0.2) is 0 Å². The van der Waals surface area contributed by atoms with Crippen molar-refractivity contribution in [2.75, 3.05) is 18.5 Å². The standard InChI is InChI=1S/C22H28N2O3S/c1-4-13-26-20-7-5-6-18(15-20)23-22(28)24-21(25)17-8-10-19(11-9-17)27-14-12-16(2)3/h5-11,15-16H,4,12-14H2,1-3H3,(H2,23,24,25,28). The molecule has 0 atom stereocenters. The third kappa shape index (κ3) is 7.56. The van der Waals surface area contributed by atoms with E-state index < -0.39 is 0 Å². The highest BCUT2D eigenvalue weighted by molar-refractivity contribution is 7.80. The summed E-state index contributed by atoms with van der Waals surface area (Å²) in [6.07, 6.45) is 1.93. The summed E-state index contributed by atoms with van der Waals surface area (Å²) < 4.78 is 11.3. The minimum atomic E-state index is -0.274. The molecule has 0 heterocycles. The molecule has 0 bridgehead atoms. The Labute approximate surface area is 172 Å². The third-order valence-corrected chi connectivity index (χ3v) is 4.08. The molecule has 150 valence electrons. The Hall–Kier alpha value is -2.60. The second kappa shape index (κ2) is 11.3. The second-order valence-electron chi connectivity index (χ2n) is 6.84. The number of ether oxygens (including phenoxy) is 2. The molecule has 28 heavy (non-hydrogen) atoms. The second-order valence-corrected chi connectivity index (χ2v) is 7.25. The van der Waals surface area contributed by atoms with E-state index in [0.717, 1.165) is 30.0 Å². The normalized spacial score (nSPS) is 10.4. The van der Waals surface area contributed by atoms with Gasteiger partial charge in [-0.15, -0.1) is 0 Å². The van der Waals surface area contributed by atoms with Gasteiger partial charge in [-0.05, 0) is 67.4 Å².